The first-order chi connectivity index (χ1) is 9.59. The maximum atomic E-state index is 11.6. The summed E-state index contributed by atoms with van der Waals surface area (Å²) in [6.45, 7) is 0. The molecule has 1 amide bonds. The highest BCUT2D eigenvalue weighted by Crippen LogP contribution is 2.36. The van der Waals surface area contributed by atoms with E-state index < -0.39 is 23.2 Å². The second kappa shape index (κ2) is 5.70. The van der Waals surface area contributed by atoms with Crippen LogP contribution in [0, 0.1) is 0 Å². The highest BCUT2D eigenvalue weighted by molar-refractivity contribution is 5.94. The lowest BCUT2D eigenvalue weighted by molar-refractivity contribution is 0.0954. The van der Waals surface area contributed by atoms with E-state index in [0.29, 0.717) is 5.56 Å². The number of benzene rings is 1. The van der Waals surface area contributed by atoms with Gasteiger partial charge < -0.3 is 15.3 Å². The number of amides is 1. The fraction of sp³-hybridized carbons (Fsp3) is 0. The first-order valence-electron chi connectivity index (χ1n) is 5.57. The summed E-state index contributed by atoms with van der Waals surface area (Å²) in [5.74, 6) is -2.08. The van der Waals surface area contributed by atoms with Gasteiger partial charge >= 0.3 is 0 Å². The molecule has 1 heterocycles. The number of carbonyl (C=O) groups excluding carboxylic acids is 1. The molecule has 7 nitrogen and oxygen atoms in total. The standard InChI is InChI=1S/C13H11N3O4/c17-10-4-3-8(11(18)12(10)19)7-15-16-13(20)9-2-1-5-14-6-9/h1-7,17-19H,(H,16,20)/b15-7+. The van der Waals surface area contributed by atoms with Gasteiger partial charge in [-0.3, -0.25) is 9.78 Å². The van der Waals surface area contributed by atoms with Crippen molar-refractivity contribution in [3.63, 3.8) is 0 Å². The SMILES string of the molecule is O=C(N/N=C/c1ccc(O)c(O)c1O)c1cccnc1. The number of phenols is 3. The van der Waals surface area contributed by atoms with E-state index in [9.17, 15) is 15.0 Å². The van der Waals surface area contributed by atoms with Crippen molar-refractivity contribution in [2.24, 2.45) is 5.10 Å². The molecule has 0 bridgehead atoms. The van der Waals surface area contributed by atoms with Crippen LogP contribution in [0.5, 0.6) is 17.2 Å². The third kappa shape index (κ3) is 2.83. The van der Waals surface area contributed by atoms with Gasteiger partial charge in [0.1, 0.15) is 0 Å². The number of nitrogens with zero attached hydrogens (tertiary/aromatic N) is 2. The van der Waals surface area contributed by atoms with Gasteiger partial charge in [-0.05, 0) is 24.3 Å². The first kappa shape index (κ1) is 13.3. The van der Waals surface area contributed by atoms with Gasteiger partial charge in [-0.25, -0.2) is 5.43 Å². The van der Waals surface area contributed by atoms with Crippen molar-refractivity contribution >= 4 is 12.1 Å². The molecule has 0 aliphatic heterocycles. The Balaban J connectivity index is 2.08. The highest BCUT2D eigenvalue weighted by Gasteiger charge is 2.09. The summed E-state index contributed by atoms with van der Waals surface area (Å²) in [7, 11) is 0. The molecule has 1 aromatic carbocycles. The molecule has 0 radical (unpaired) electrons. The van der Waals surface area contributed by atoms with E-state index in [0.717, 1.165) is 6.21 Å². The van der Waals surface area contributed by atoms with Crippen LogP contribution in [0.2, 0.25) is 0 Å². The number of phenolic OH excluding ortho intramolecular Hbond substituents is 3. The molecule has 102 valence electrons. The van der Waals surface area contributed by atoms with Gasteiger partial charge in [0.25, 0.3) is 5.91 Å². The summed E-state index contributed by atoms with van der Waals surface area (Å²) in [5.41, 5.74) is 2.72. The number of nitrogens with one attached hydrogen (secondary N) is 1. The van der Waals surface area contributed by atoms with Gasteiger partial charge in [0.05, 0.1) is 11.8 Å². The Morgan fingerprint density at radius 1 is 1.20 bits per heavy atom. The van der Waals surface area contributed by atoms with Gasteiger partial charge in [-0.15, -0.1) is 0 Å². The largest absolute Gasteiger partial charge is 0.504 e. The van der Waals surface area contributed by atoms with Gasteiger partial charge in [0, 0.05) is 18.0 Å². The number of hydrogen-bond acceptors (Lipinski definition) is 6. The zero-order valence-corrected chi connectivity index (χ0v) is 10.2. The first-order valence-corrected chi connectivity index (χ1v) is 5.57. The van der Waals surface area contributed by atoms with Gasteiger partial charge in [0.2, 0.25) is 5.75 Å². The molecule has 0 spiro atoms. The van der Waals surface area contributed by atoms with Crippen LogP contribution in [0.4, 0.5) is 0 Å². The van der Waals surface area contributed by atoms with Gasteiger partial charge in [0.15, 0.2) is 11.5 Å². The Kier molecular flexibility index (Phi) is 3.80. The van der Waals surface area contributed by atoms with Gasteiger partial charge in [-0.1, -0.05) is 0 Å². The van der Waals surface area contributed by atoms with E-state index in [1.165, 1.54) is 24.5 Å². The van der Waals surface area contributed by atoms with E-state index in [2.05, 4.69) is 15.5 Å². The monoisotopic (exact) mass is 273 g/mol. The van der Waals surface area contributed by atoms with E-state index in [4.69, 9.17) is 5.11 Å². The van der Waals surface area contributed by atoms with Crippen LogP contribution in [0.15, 0.2) is 41.8 Å². The average Bonchev–Trinajstić information content (AvgIpc) is 2.48. The smallest absolute Gasteiger partial charge is 0.272 e. The molecule has 2 aromatic rings. The number of aromatic nitrogens is 1. The van der Waals surface area contributed by atoms with Crippen LogP contribution >= 0.6 is 0 Å². The zero-order chi connectivity index (χ0) is 14.5. The Labute approximate surface area is 113 Å². The molecule has 0 atom stereocenters. The Hall–Kier alpha value is -3.09. The van der Waals surface area contributed by atoms with Crippen LogP contribution in [-0.4, -0.2) is 32.4 Å². The summed E-state index contributed by atoms with van der Waals surface area (Å²) in [4.78, 5) is 15.4. The van der Waals surface area contributed by atoms with Crippen LogP contribution < -0.4 is 5.43 Å². The van der Waals surface area contributed by atoms with Crippen molar-refractivity contribution in [1.82, 2.24) is 10.4 Å². The lowest BCUT2D eigenvalue weighted by Gasteiger charge is -2.03. The number of hydrogen-bond donors (Lipinski definition) is 4. The molecule has 0 saturated heterocycles. The van der Waals surface area contributed by atoms with Crippen molar-refractivity contribution in [3.05, 3.63) is 47.8 Å². The number of hydrazone groups is 1. The Morgan fingerprint density at radius 3 is 2.70 bits per heavy atom. The third-order valence-corrected chi connectivity index (χ3v) is 2.45. The van der Waals surface area contributed by atoms with Crippen molar-refractivity contribution in [2.75, 3.05) is 0 Å². The van der Waals surface area contributed by atoms with Gasteiger partial charge in [-0.2, -0.15) is 5.10 Å². The maximum Gasteiger partial charge on any atom is 0.272 e. The summed E-state index contributed by atoms with van der Waals surface area (Å²) < 4.78 is 0. The topological polar surface area (TPSA) is 115 Å². The molecular weight excluding hydrogens is 262 g/mol. The molecular formula is C13H11N3O4. The Bertz CT molecular complexity index is 656. The molecule has 2 rings (SSSR count). The Morgan fingerprint density at radius 2 is 2.00 bits per heavy atom. The summed E-state index contributed by atoms with van der Waals surface area (Å²) in [6, 6.07) is 5.72. The van der Waals surface area contributed by atoms with Crippen LogP contribution in [0.1, 0.15) is 15.9 Å². The molecule has 0 saturated carbocycles. The highest BCUT2D eigenvalue weighted by atomic mass is 16.3. The predicted molar refractivity (Wildman–Crippen MR) is 70.7 cm³/mol. The van der Waals surface area contributed by atoms with Crippen molar-refractivity contribution < 1.29 is 20.1 Å². The quantitative estimate of drug-likeness (QED) is 0.378. The minimum atomic E-state index is -0.646. The number of carbonyl (C=O) groups is 1. The molecule has 0 unspecified atom stereocenters. The summed E-state index contributed by atoms with van der Waals surface area (Å²) in [6.07, 6.45) is 4.06. The lowest BCUT2D eigenvalue weighted by Crippen LogP contribution is -2.17. The maximum absolute atomic E-state index is 11.6. The second-order valence-electron chi connectivity index (χ2n) is 3.81. The number of aromatic hydroxyl groups is 3. The lowest BCUT2D eigenvalue weighted by atomic mass is 10.2. The molecule has 0 aliphatic carbocycles. The summed E-state index contributed by atoms with van der Waals surface area (Å²) in [5, 5.41) is 31.7. The second-order valence-corrected chi connectivity index (χ2v) is 3.81. The van der Waals surface area contributed by atoms with Crippen molar-refractivity contribution in [1.29, 1.82) is 0 Å². The van der Waals surface area contributed by atoms with Crippen LogP contribution in [0.3, 0.4) is 0 Å². The van der Waals surface area contributed by atoms with Crippen molar-refractivity contribution in [3.8, 4) is 17.2 Å². The molecule has 0 aliphatic rings. The fourth-order valence-electron chi connectivity index (χ4n) is 1.41. The van der Waals surface area contributed by atoms with E-state index >= 15 is 0 Å². The minimum absolute atomic E-state index is 0.145. The normalized spacial score (nSPS) is 10.6. The van der Waals surface area contributed by atoms with Crippen LogP contribution in [-0.2, 0) is 0 Å². The molecule has 0 fully saturated rings. The van der Waals surface area contributed by atoms with Crippen molar-refractivity contribution in [2.45, 2.75) is 0 Å². The fourth-order valence-corrected chi connectivity index (χ4v) is 1.41. The predicted octanol–water partition coefficient (Wildman–Crippen LogP) is 0.962. The zero-order valence-electron chi connectivity index (χ0n) is 10.2. The molecule has 7 heteroatoms. The van der Waals surface area contributed by atoms with E-state index in [1.54, 1.807) is 12.1 Å². The molecule has 4 N–H and O–H groups in total. The molecule has 20 heavy (non-hydrogen) atoms. The van der Waals surface area contributed by atoms with E-state index in [-0.39, 0.29) is 5.56 Å². The van der Waals surface area contributed by atoms with Crippen LogP contribution in [0.25, 0.3) is 0 Å². The third-order valence-electron chi connectivity index (χ3n) is 2.45. The molecule has 1 aromatic heterocycles. The van der Waals surface area contributed by atoms with E-state index in [1.807, 2.05) is 0 Å². The number of rotatable bonds is 3. The summed E-state index contributed by atoms with van der Waals surface area (Å²) >= 11 is 0. The minimum Gasteiger partial charge on any atom is -0.504 e. The number of pyridine rings is 1. The average molecular weight is 273 g/mol.